The molecule has 0 N–H and O–H groups in total. The molecule has 0 aliphatic rings. The molecule has 1 aromatic carbocycles. The summed E-state index contributed by atoms with van der Waals surface area (Å²) in [6.45, 7) is 5.79. The van der Waals surface area contributed by atoms with Gasteiger partial charge in [0, 0.05) is 10.6 Å². The Morgan fingerprint density at radius 3 is 2.71 bits per heavy atom. The molecule has 14 heavy (non-hydrogen) atoms. The van der Waals surface area contributed by atoms with Crippen molar-refractivity contribution in [3.05, 3.63) is 34.2 Å². The van der Waals surface area contributed by atoms with E-state index in [4.69, 9.17) is 10.3 Å². The number of ether oxygens (including phenoxy) is 1. The lowest BCUT2D eigenvalue weighted by molar-refractivity contribution is 0.242. The lowest BCUT2D eigenvalue weighted by atomic mass is 10.2. The summed E-state index contributed by atoms with van der Waals surface area (Å²) >= 11 is 0. The third-order valence-electron chi connectivity index (χ3n) is 1.70. The van der Waals surface area contributed by atoms with Gasteiger partial charge >= 0.3 is 0 Å². The van der Waals surface area contributed by atoms with Crippen LogP contribution in [0.4, 0.5) is 5.69 Å². The smallest absolute Gasteiger partial charge is 0.120 e. The van der Waals surface area contributed by atoms with Crippen LogP contribution < -0.4 is 4.74 Å². The van der Waals surface area contributed by atoms with Gasteiger partial charge in [0.25, 0.3) is 0 Å². The Balaban J connectivity index is 3.00. The summed E-state index contributed by atoms with van der Waals surface area (Å²) in [6, 6.07) is 5.49. The third kappa shape index (κ3) is 2.68. The van der Waals surface area contributed by atoms with Gasteiger partial charge < -0.3 is 4.74 Å². The van der Waals surface area contributed by atoms with Gasteiger partial charge in [0.1, 0.15) is 5.75 Å². The Hall–Kier alpha value is -1.67. The first kappa shape index (κ1) is 10.4. The highest BCUT2D eigenvalue weighted by Gasteiger charge is 2.00. The van der Waals surface area contributed by atoms with Crippen LogP contribution in [0.15, 0.2) is 23.3 Å². The van der Waals surface area contributed by atoms with Crippen LogP contribution in [-0.4, -0.2) is 6.10 Å². The minimum Gasteiger partial charge on any atom is -0.491 e. The SMILES string of the molecule is Cc1ccc(OC(C)C)cc1N=[N+]=[N-]. The Morgan fingerprint density at radius 1 is 1.43 bits per heavy atom. The molecular weight excluding hydrogens is 178 g/mol. The molecule has 0 amide bonds. The lowest BCUT2D eigenvalue weighted by Gasteiger charge is -2.10. The highest BCUT2D eigenvalue weighted by atomic mass is 16.5. The van der Waals surface area contributed by atoms with Gasteiger partial charge in [-0.2, -0.15) is 0 Å². The molecule has 74 valence electrons. The zero-order valence-corrected chi connectivity index (χ0v) is 8.56. The first-order valence-electron chi connectivity index (χ1n) is 4.46. The monoisotopic (exact) mass is 191 g/mol. The van der Waals surface area contributed by atoms with E-state index >= 15 is 0 Å². The Labute approximate surface area is 83.1 Å². The maximum Gasteiger partial charge on any atom is 0.120 e. The molecule has 0 spiro atoms. The Kier molecular flexibility index (Phi) is 3.37. The van der Waals surface area contributed by atoms with Crippen LogP contribution in [0.25, 0.3) is 10.4 Å². The van der Waals surface area contributed by atoms with E-state index in [0.29, 0.717) is 5.69 Å². The quantitative estimate of drug-likeness (QED) is 0.408. The van der Waals surface area contributed by atoms with E-state index in [1.165, 1.54) is 0 Å². The highest BCUT2D eigenvalue weighted by Crippen LogP contribution is 2.25. The van der Waals surface area contributed by atoms with Gasteiger partial charge in [-0.3, -0.25) is 0 Å². The summed E-state index contributed by atoms with van der Waals surface area (Å²) in [5.74, 6) is 0.730. The fraction of sp³-hybridized carbons (Fsp3) is 0.400. The van der Waals surface area contributed by atoms with E-state index in [1.807, 2.05) is 32.9 Å². The van der Waals surface area contributed by atoms with E-state index in [0.717, 1.165) is 11.3 Å². The molecule has 1 rings (SSSR count). The van der Waals surface area contributed by atoms with E-state index in [2.05, 4.69) is 10.0 Å². The van der Waals surface area contributed by atoms with E-state index in [1.54, 1.807) is 6.07 Å². The van der Waals surface area contributed by atoms with Crippen molar-refractivity contribution >= 4 is 5.69 Å². The lowest BCUT2D eigenvalue weighted by Crippen LogP contribution is -2.05. The van der Waals surface area contributed by atoms with Gasteiger partial charge in [0.2, 0.25) is 0 Å². The minimum absolute atomic E-state index is 0.122. The molecule has 0 fully saturated rings. The fourth-order valence-corrected chi connectivity index (χ4v) is 1.09. The topological polar surface area (TPSA) is 58.0 Å². The normalized spacial score (nSPS) is 9.71. The second-order valence-electron chi connectivity index (χ2n) is 3.30. The number of rotatable bonds is 3. The van der Waals surface area contributed by atoms with Crippen molar-refractivity contribution in [3.63, 3.8) is 0 Å². The molecule has 0 atom stereocenters. The number of aryl methyl sites for hydroxylation is 1. The zero-order chi connectivity index (χ0) is 10.6. The Bertz CT molecular complexity index is 368. The van der Waals surface area contributed by atoms with Crippen LogP contribution in [0.1, 0.15) is 19.4 Å². The molecular formula is C10H13N3O. The van der Waals surface area contributed by atoms with Crippen LogP contribution in [-0.2, 0) is 0 Å². The van der Waals surface area contributed by atoms with E-state index in [-0.39, 0.29) is 6.10 Å². The number of hydrogen-bond donors (Lipinski definition) is 0. The summed E-state index contributed by atoms with van der Waals surface area (Å²) in [6.07, 6.45) is 0.122. The van der Waals surface area contributed by atoms with Gasteiger partial charge in [-0.05, 0) is 44.0 Å². The molecule has 1 aromatic rings. The van der Waals surface area contributed by atoms with Crippen LogP contribution in [0.3, 0.4) is 0 Å². The summed E-state index contributed by atoms with van der Waals surface area (Å²) in [7, 11) is 0. The molecule has 0 unspecified atom stereocenters. The minimum atomic E-state index is 0.122. The Morgan fingerprint density at radius 2 is 2.14 bits per heavy atom. The van der Waals surface area contributed by atoms with Crippen LogP contribution in [0, 0.1) is 6.92 Å². The van der Waals surface area contributed by atoms with Crippen molar-refractivity contribution in [2.75, 3.05) is 0 Å². The number of azide groups is 1. The second kappa shape index (κ2) is 4.53. The number of benzene rings is 1. The van der Waals surface area contributed by atoms with Crippen molar-refractivity contribution in [3.8, 4) is 5.75 Å². The predicted molar refractivity (Wildman–Crippen MR) is 55.7 cm³/mol. The molecule has 0 aromatic heterocycles. The molecule has 4 heteroatoms. The average Bonchev–Trinajstić information content (AvgIpc) is 2.10. The average molecular weight is 191 g/mol. The van der Waals surface area contributed by atoms with Crippen molar-refractivity contribution in [1.82, 2.24) is 0 Å². The van der Waals surface area contributed by atoms with Crippen LogP contribution >= 0.6 is 0 Å². The highest BCUT2D eigenvalue weighted by molar-refractivity contribution is 5.49. The summed E-state index contributed by atoms with van der Waals surface area (Å²) in [4.78, 5) is 2.76. The summed E-state index contributed by atoms with van der Waals surface area (Å²) in [5, 5.41) is 3.57. The van der Waals surface area contributed by atoms with Crippen molar-refractivity contribution in [2.24, 2.45) is 5.11 Å². The van der Waals surface area contributed by atoms with Gasteiger partial charge in [0.05, 0.1) is 6.10 Å². The molecule has 0 saturated carbocycles. The van der Waals surface area contributed by atoms with Gasteiger partial charge in [-0.1, -0.05) is 11.2 Å². The van der Waals surface area contributed by atoms with Gasteiger partial charge in [-0.15, -0.1) is 0 Å². The van der Waals surface area contributed by atoms with Crippen molar-refractivity contribution in [2.45, 2.75) is 26.9 Å². The maximum atomic E-state index is 8.33. The molecule has 0 radical (unpaired) electrons. The molecule has 0 aliphatic heterocycles. The number of hydrogen-bond acceptors (Lipinski definition) is 2. The van der Waals surface area contributed by atoms with Gasteiger partial charge in [0.15, 0.2) is 0 Å². The molecule has 0 aliphatic carbocycles. The number of nitrogens with zero attached hydrogens (tertiary/aromatic N) is 3. The van der Waals surface area contributed by atoms with E-state index < -0.39 is 0 Å². The summed E-state index contributed by atoms with van der Waals surface area (Å²) < 4.78 is 5.47. The zero-order valence-electron chi connectivity index (χ0n) is 8.56. The first-order chi connectivity index (χ1) is 6.63. The first-order valence-corrected chi connectivity index (χ1v) is 4.46. The molecule has 0 saturated heterocycles. The predicted octanol–water partition coefficient (Wildman–Crippen LogP) is 3.72. The molecule has 4 nitrogen and oxygen atoms in total. The standard InChI is InChI=1S/C10H13N3O/c1-7(2)14-9-5-4-8(3)10(6-9)12-13-11/h4-7H,1-3H3. The maximum absolute atomic E-state index is 8.33. The van der Waals surface area contributed by atoms with Crippen molar-refractivity contribution < 1.29 is 4.74 Å². The van der Waals surface area contributed by atoms with Crippen LogP contribution in [0.5, 0.6) is 5.75 Å². The molecule has 0 bridgehead atoms. The van der Waals surface area contributed by atoms with Crippen molar-refractivity contribution in [1.29, 1.82) is 0 Å². The van der Waals surface area contributed by atoms with Crippen LogP contribution in [0.2, 0.25) is 0 Å². The third-order valence-corrected chi connectivity index (χ3v) is 1.70. The van der Waals surface area contributed by atoms with E-state index in [9.17, 15) is 0 Å². The van der Waals surface area contributed by atoms with Gasteiger partial charge in [-0.25, -0.2) is 0 Å². The fourth-order valence-electron chi connectivity index (χ4n) is 1.09. The largest absolute Gasteiger partial charge is 0.491 e. The second-order valence-corrected chi connectivity index (χ2v) is 3.30. The summed E-state index contributed by atoms with van der Waals surface area (Å²) in [5.41, 5.74) is 9.89. The molecule has 0 heterocycles.